The summed E-state index contributed by atoms with van der Waals surface area (Å²) in [5.74, 6) is 0.184. The van der Waals surface area contributed by atoms with Gasteiger partial charge in [0, 0.05) is 13.8 Å². The molecule has 1 heterocycles. The third-order valence-electron chi connectivity index (χ3n) is 2.20. The second-order valence-electron chi connectivity index (χ2n) is 3.08. The van der Waals surface area contributed by atoms with Gasteiger partial charge in [-0.1, -0.05) is 0 Å². The molecule has 0 aliphatic carbocycles. The molecule has 0 bridgehead atoms. The third kappa shape index (κ3) is 1.88. The fourth-order valence-electron chi connectivity index (χ4n) is 1.58. The summed E-state index contributed by atoms with van der Waals surface area (Å²) in [5, 5.41) is 8.63. The first-order valence-corrected chi connectivity index (χ1v) is 4.34. The summed E-state index contributed by atoms with van der Waals surface area (Å²) in [7, 11) is 0. The molecule has 4 heteroatoms. The van der Waals surface area contributed by atoms with Crippen LogP contribution in [0.15, 0.2) is 6.20 Å². The van der Waals surface area contributed by atoms with Crippen LogP contribution in [0.1, 0.15) is 18.4 Å². The molecule has 72 valence electrons. The monoisotopic (exact) mass is 183 g/mol. The highest BCUT2D eigenvalue weighted by Gasteiger charge is 2.16. The Balaban J connectivity index is 3.03. The Morgan fingerprint density at radius 3 is 2.62 bits per heavy atom. The molecule has 0 atom stereocenters. The van der Waals surface area contributed by atoms with E-state index in [0.717, 1.165) is 18.1 Å². The molecule has 0 aromatic carbocycles. The smallest absolute Gasteiger partial charge is 0.346 e. The fraction of sp³-hybridized carbons (Fsp3) is 0.556. The average molecular weight is 183 g/mol. The predicted molar refractivity (Wildman–Crippen MR) is 47.4 cm³/mol. The Morgan fingerprint density at radius 2 is 2.23 bits per heavy atom. The number of carbonyl (C=O) groups is 1. The summed E-state index contributed by atoms with van der Waals surface area (Å²) in [5.41, 5.74) is 1.10. The van der Waals surface area contributed by atoms with Gasteiger partial charge in [0.1, 0.15) is 11.9 Å². The van der Waals surface area contributed by atoms with Gasteiger partial charge in [0.25, 0.3) is 5.82 Å². The molecule has 0 spiro atoms. The van der Waals surface area contributed by atoms with Crippen LogP contribution in [0, 0.1) is 13.8 Å². The van der Waals surface area contributed by atoms with E-state index in [1.807, 2.05) is 27.0 Å². The largest absolute Gasteiger partial charge is 0.478 e. The van der Waals surface area contributed by atoms with Crippen molar-refractivity contribution in [1.29, 1.82) is 0 Å². The van der Waals surface area contributed by atoms with Crippen molar-refractivity contribution in [3.05, 3.63) is 17.7 Å². The van der Waals surface area contributed by atoms with Crippen molar-refractivity contribution in [2.45, 2.75) is 33.9 Å². The van der Waals surface area contributed by atoms with Crippen LogP contribution in [0.4, 0.5) is 0 Å². The summed E-state index contributed by atoms with van der Waals surface area (Å²) in [6.45, 7) is 6.88. The van der Waals surface area contributed by atoms with Crippen LogP contribution >= 0.6 is 0 Å². The van der Waals surface area contributed by atoms with E-state index in [2.05, 4.69) is 4.57 Å². The molecule has 1 rings (SSSR count). The molecular formula is C9H15N2O2+. The topological polar surface area (TPSA) is 46.1 Å². The van der Waals surface area contributed by atoms with Crippen LogP contribution in [0.2, 0.25) is 0 Å². The average Bonchev–Trinajstić information content (AvgIpc) is 2.26. The zero-order chi connectivity index (χ0) is 10.0. The normalized spacial score (nSPS) is 10.4. The maximum Gasteiger partial charge on any atom is 0.346 e. The molecule has 0 aliphatic heterocycles. The lowest BCUT2D eigenvalue weighted by Gasteiger charge is -1.95. The molecule has 0 fully saturated rings. The number of rotatable bonds is 3. The molecule has 0 amide bonds. The summed E-state index contributed by atoms with van der Waals surface area (Å²) in [6.07, 6.45) is 1.87. The zero-order valence-corrected chi connectivity index (χ0v) is 8.24. The van der Waals surface area contributed by atoms with Crippen molar-refractivity contribution in [3.63, 3.8) is 0 Å². The highest BCUT2D eigenvalue weighted by molar-refractivity contribution is 5.64. The van der Waals surface area contributed by atoms with Gasteiger partial charge in [-0.3, -0.25) is 0 Å². The highest BCUT2D eigenvalue weighted by Crippen LogP contribution is 2.00. The Labute approximate surface area is 77.4 Å². The molecule has 4 nitrogen and oxygen atoms in total. The number of hydrogen-bond acceptors (Lipinski definition) is 1. The molecule has 0 saturated carbocycles. The summed E-state index contributed by atoms with van der Waals surface area (Å²) < 4.78 is 3.84. The van der Waals surface area contributed by atoms with Gasteiger partial charge >= 0.3 is 5.97 Å². The van der Waals surface area contributed by atoms with E-state index < -0.39 is 5.97 Å². The third-order valence-corrected chi connectivity index (χ3v) is 2.20. The first-order chi connectivity index (χ1) is 6.06. The van der Waals surface area contributed by atoms with Crippen molar-refractivity contribution >= 4 is 5.97 Å². The lowest BCUT2D eigenvalue weighted by molar-refractivity contribution is -0.691. The second-order valence-corrected chi connectivity index (χ2v) is 3.08. The van der Waals surface area contributed by atoms with Crippen molar-refractivity contribution in [2.24, 2.45) is 0 Å². The minimum Gasteiger partial charge on any atom is -0.478 e. The van der Waals surface area contributed by atoms with Gasteiger partial charge in [0.15, 0.2) is 6.54 Å². The number of aliphatic carboxylic acids is 1. The van der Waals surface area contributed by atoms with Crippen LogP contribution in [0.3, 0.4) is 0 Å². The summed E-state index contributed by atoms with van der Waals surface area (Å²) >= 11 is 0. The van der Waals surface area contributed by atoms with Crippen LogP contribution in [-0.4, -0.2) is 15.6 Å². The Hall–Kier alpha value is -1.32. The second kappa shape index (κ2) is 3.60. The number of nitrogens with zero attached hydrogens (tertiary/aromatic N) is 2. The molecule has 0 aliphatic rings. The Kier molecular flexibility index (Phi) is 2.70. The number of aromatic nitrogens is 2. The van der Waals surface area contributed by atoms with Crippen molar-refractivity contribution in [3.8, 4) is 0 Å². The van der Waals surface area contributed by atoms with Crippen LogP contribution in [0.5, 0.6) is 0 Å². The number of aryl methyl sites for hydroxylation is 1. The first-order valence-electron chi connectivity index (χ1n) is 4.34. The maximum absolute atomic E-state index is 10.5. The maximum atomic E-state index is 10.5. The van der Waals surface area contributed by atoms with E-state index in [4.69, 9.17) is 5.11 Å². The van der Waals surface area contributed by atoms with Gasteiger partial charge in [-0.15, -0.1) is 0 Å². The molecule has 0 saturated heterocycles. The van der Waals surface area contributed by atoms with E-state index in [1.54, 1.807) is 4.57 Å². The van der Waals surface area contributed by atoms with E-state index in [1.165, 1.54) is 0 Å². The van der Waals surface area contributed by atoms with Gasteiger partial charge in [0.2, 0.25) is 0 Å². The van der Waals surface area contributed by atoms with Crippen molar-refractivity contribution in [2.75, 3.05) is 0 Å². The predicted octanol–water partition coefficient (Wildman–Crippen LogP) is 0.497. The van der Waals surface area contributed by atoms with Crippen LogP contribution in [-0.2, 0) is 17.9 Å². The van der Waals surface area contributed by atoms with Crippen molar-refractivity contribution in [1.82, 2.24) is 4.57 Å². The molecule has 1 N–H and O–H groups in total. The van der Waals surface area contributed by atoms with Crippen LogP contribution < -0.4 is 4.57 Å². The lowest BCUT2D eigenvalue weighted by Crippen LogP contribution is -2.39. The van der Waals surface area contributed by atoms with E-state index in [0.29, 0.717) is 0 Å². The number of carboxylic acids is 1. The SMILES string of the molecule is CCn1c(C)c[n+](CC(=O)O)c1C. The Bertz CT molecular complexity index is 329. The number of imidazole rings is 1. The minimum atomic E-state index is -0.804. The Morgan fingerprint density at radius 1 is 1.62 bits per heavy atom. The highest BCUT2D eigenvalue weighted by atomic mass is 16.4. The quantitative estimate of drug-likeness (QED) is 0.693. The molecule has 0 unspecified atom stereocenters. The summed E-state index contributed by atoms with van der Waals surface area (Å²) in [6, 6.07) is 0. The van der Waals surface area contributed by atoms with E-state index in [9.17, 15) is 4.79 Å². The molecule has 1 aromatic rings. The lowest BCUT2D eigenvalue weighted by atomic mass is 10.5. The number of hydrogen-bond donors (Lipinski definition) is 1. The summed E-state index contributed by atoms with van der Waals surface area (Å²) in [4.78, 5) is 10.5. The molecule has 13 heavy (non-hydrogen) atoms. The standard InChI is InChI=1S/C9H14N2O2/c1-4-11-7(2)5-10(8(11)3)6-9(12)13/h5H,4,6H2,1-3H3/p+1. The molecule has 0 radical (unpaired) electrons. The zero-order valence-electron chi connectivity index (χ0n) is 8.24. The van der Waals surface area contributed by atoms with Gasteiger partial charge < -0.3 is 5.11 Å². The van der Waals surface area contributed by atoms with E-state index >= 15 is 0 Å². The minimum absolute atomic E-state index is 0.0413. The molecular weight excluding hydrogens is 168 g/mol. The first kappa shape index (κ1) is 9.77. The van der Waals surface area contributed by atoms with Gasteiger partial charge in [-0.25, -0.2) is 13.9 Å². The molecule has 1 aromatic heterocycles. The van der Waals surface area contributed by atoms with Gasteiger partial charge in [-0.2, -0.15) is 0 Å². The fourth-order valence-corrected chi connectivity index (χ4v) is 1.58. The number of carboxylic acid groups (broad SMARTS) is 1. The van der Waals surface area contributed by atoms with Gasteiger partial charge in [-0.05, 0) is 6.92 Å². The van der Waals surface area contributed by atoms with Gasteiger partial charge in [0.05, 0.1) is 6.54 Å². The van der Waals surface area contributed by atoms with Crippen LogP contribution in [0.25, 0.3) is 0 Å². The van der Waals surface area contributed by atoms with Crippen molar-refractivity contribution < 1.29 is 14.5 Å². The van der Waals surface area contributed by atoms with E-state index in [-0.39, 0.29) is 6.54 Å².